The molecule has 0 spiro atoms. The lowest BCUT2D eigenvalue weighted by atomic mass is 9.99. The highest BCUT2D eigenvalue weighted by Crippen LogP contribution is 2.21. The lowest BCUT2D eigenvalue weighted by molar-refractivity contribution is 0.213. The van der Waals surface area contributed by atoms with Crippen LogP contribution in [-0.4, -0.2) is 30.1 Å². The van der Waals surface area contributed by atoms with Crippen LogP contribution in [0.2, 0.25) is 0 Å². The molecule has 1 aromatic rings. The quantitative estimate of drug-likeness (QED) is 0.734. The third kappa shape index (κ3) is 5.44. The van der Waals surface area contributed by atoms with Crippen molar-refractivity contribution in [1.82, 2.24) is 10.2 Å². The second-order valence-electron chi connectivity index (χ2n) is 6.89. The van der Waals surface area contributed by atoms with Crippen molar-refractivity contribution in [3.63, 3.8) is 0 Å². The van der Waals surface area contributed by atoms with E-state index in [1.807, 2.05) is 0 Å². The summed E-state index contributed by atoms with van der Waals surface area (Å²) >= 11 is 0. The van der Waals surface area contributed by atoms with Gasteiger partial charge in [-0.1, -0.05) is 38.1 Å². The molecule has 0 bridgehead atoms. The summed E-state index contributed by atoms with van der Waals surface area (Å²) < 4.78 is 0. The highest BCUT2D eigenvalue weighted by molar-refractivity contribution is 5.25. The summed E-state index contributed by atoms with van der Waals surface area (Å²) in [6.45, 7) is 12.5. The van der Waals surface area contributed by atoms with Gasteiger partial charge >= 0.3 is 0 Å². The van der Waals surface area contributed by atoms with Crippen molar-refractivity contribution in [2.45, 2.75) is 71.5 Å². The predicted molar refractivity (Wildman–Crippen MR) is 91.7 cm³/mol. The average Bonchev–Trinajstić information content (AvgIpc) is 3.29. The van der Waals surface area contributed by atoms with Gasteiger partial charge in [0, 0.05) is 25.2 Å². The fourth-order valence-corrected chi connectivity index (χ4v) is 2.74. The van der Waals surface area contributed by atoms with Gasteiger partial charge < -0.3 is 5.32 Å². The van der Waals surface area contributed by atoms with Crippen LogP contribution in [-0.2, 0) is 6.54 Å². The van der Waals surface area contributed by atoms with Gasteiger partial charge in [0.05, 0.1) is 0 Å². The van der Waals surface area contributed by atoms with Gasteiger partial charge in [0.1, 0.15) is 0 Å². The molecule has 1 fully saturated rings. The van der Waals surface area contributed by atoms with E-state index in [0.29, 0.717) is 12.0 Å². The SMILES string of the molecule is CCCN(Cc1ccc(C(C)CNC2CC2)cc1)C(C)C. The van der Waals surface area contributed by atoms with Crippen molar-refractivity contribution >= 4 is 0 Å². The molecule has 0 heterocycles. The zero-order chi connectivity index (χ0) is 15.2. The van der Waals surface area contributed by atoms with Crippen LogP contribution in [0.25, 0.3) is 0 Å². The first-order valence-corrected chi connectivity index (χ1v) is 8.66. The highest BCUT2D eigenvalue weighted by Gasteiger charge is 2.21. The van der Waals surface area contributed by atoms with E-state index in [1.54, 1.807) is 0 Å². The fraction of sp³-hybridized carbons (Fsp3) is 0.684. The standard InChI is InChI=1S/C19H32N2/c1-5-12-21(15(2)3)14-17-6-8-18(9-7-17)16(4)13-20-19-10-11-19/h6-9,15-16,19-20H,5,10-14H2,1-4H3. The van der Waals surface area contributed by atoms with E-state index in [-0.39, 0.29) is 0 Å². The maximum atomic E-state index is 3.63. The monoisotopic (exact) mass is 288 g/mol. The van der Waals surface area contributed by atoms with Gasteiger partial charge in [0.25, 0.3) is 0 Å². The van der Waals surface area contributed by atoms with E-state index < -0.39 is 0 Å². The summed E-state index contributed by atoms with van der Waals surface area (Å²) in [4.78, 5) is 2.55. The second kappa shape index (κ2) is 7.95. The molecular weight excluding hydrogens is 256 g/mol. The summed E-state index contributed by atoms with van der Waals surface area (Å²) in [5, 5.41) is 3.63. The van der Waals surface area contributed by atoms with Crippen molar-refractivity contribution < 1.29 is 0 Å². The van der Waals surface area contributed by atoms with Gasteiger partial charge in [-0.15, -0.1) is 0 Å². The summed E-state index contributed by atoms with van der Waals surface area (Å²) in [6, 6.07) is 10.7. The Morgan fingerprint density at radius 2 is 1.81 bits per heavy atom. The number of hydrogen-bond donors (Lipinski definition) is 1. The van der Waals surface area contributed by atoms with E-state index in [1.165, 1.54) is 36.9 Å². The molecule has 1 atom stereocenters. The van der Waals surface area contributed by atoms with Crippen molar-refractivity contribution in [2.24, 2.45) is 0 Å². The van der Waals surface area contributed by atoms with Crippen molar-refractivity contribution in [3.8, 4) is 0 Å². The van der Waals surface area contributed by atoms with Crippen LogP contribution in [0.1, 0.15) is 64.0 Å². The Labute approximate surface area is 130 Å². The van der Waals surface area contributed by atoms with Crippen LogP contribution < -0.4 is 5.32 Å². The molecule has 1 unspecified atom stereocenters. The second-order valence-corrected chi connectivity index (χ2v) is 6.89. The van der Waals surface area contributed by atoms with Gasteiger partial charge in [-0.3, -0.25) is 4.90 Å². The predicted octanol–water partition coefficient (Wildman–Crippen LogP) is 4.16. The maximum Gasteiger partial charge on any atom is 0.0236 e. The number of nitrogens with one attached hydrogen (secondary N) is 1. The molecule has 2 rings (SSSR count). The van der Waals surface area contributed by atoms with Gasteiger partial charge in [-0.25, -0.2) is 0 Å². The Kier molecular flexibility index (Phi) is 6.25. The largest absolute Gasteiger partial charge is 0.313 e. The first-order chi connectivity index (χ1) is 10.1. The van der Waals surface area contributed by atoms with Crippen LogP contribution in [0, 0.1) is 0 Å². The smallest absolute Gasteiger partial charge is 0.0236 e. The molecule has 2 nitrogen and oxygen atoms in total. The molecule has 118 valence electrons. The lowest BCUT2D eigenvalue weighted by Gasteiger charge is -2.26. The van der Waals surface area contributed by atoms with E-state index in [4.69, 9.17) is 0 Å². The Morgan fingerprint density at radius 1 is 1.14 bits per heavy atom. The number of benzene rings is 1. The van der Waals surface area contributed by atoms with Gasteiger partial charge in [-0.05, 0) is 56.7 Å². The number of nitrogens with zero attached hydrogens (tertiary/aromatic N) is 1. The molecule has 0 aliphatic heterocycles. The minimum Gasteiger partial charge on any atom is -0.313 e. The zero-order valence-corrected chi connectivity index (χ0v) is 14.2. The fourth-order valence-electron chi connectivity index (χ4n) is 2.74. The minimum atomic E-state index is 0.608. The molecule has 0 radical (unpaired) electrons. The van der Waals surface area contributed by atoms with Gasteiger partial charge in [0.15, 0.2) is 0 Å². The van der Waals surface area contributed by atoms with E-state index in [9.17, 15) is 0 Å². The molecule has 0 amide bonds. The highest BCUT2D eigenvalue weighted by atomic mass is 15.1. The van der Waals surface area contributed by atoms with Crippen LogP contribution >= 0.6 is 0 Å². The van der Waals surface area contributed by atoms with Crippen molar-refractivity contribution in [3.05, 3.63) is 35.4 Å². The van der Waals surface area contributed by atoms with E-state index >= 15 is 0 Å². The Balaban J connectivity index is 1.87. The molecule has 0 aromatic heterocycles. The summed E-state index contributed by atoms with van der Waals surface area (Å²) in [6.07, 6.45) is 3.96. The number of hydrogen-bond acceptors (Lipinski definition) is 2. The first-order valence-electron chi connectivity index (χ1n) is 8.66. The normalized spacial score (nSPS) is 16.7. The maximum absolute atomic E-state index is 3.63. The molecule has 0 saturated heterocycles. The summed E-state index contributed by atoms with van der Waals surface area (Å²) in [5.41, 5.74) is 2.89. The molecule has 1 saturated carbocycles. The van der Waals surface area contributed by atoms with Crippen LogP contribution in [0.15, 0.2) is 24.3 Å². The average molecular weight is 288 g/mol. The Bertz CT molecular complexity index is 406. The molecular formula is C19H32N2. The van der Waals surface area contributed by atoms with Crippen LogP contribution in [0.3, 0.4) is 0 Å². The van der Waals surface area contributed by atoms with E-state index in [0.717, 1.165) is 19.1 Å². The lowest BCUT2D eigenvalue weighted by Crippen LogP contribution is -2.31. The van der Waals surface area contributed by atoms with Gasteiger partial charge in [-0.2, -0.15) is 0 Å². The third-order valence-corrected chi connectivity index (χ3v) is 4.47. The minimum absolute atomic E-state index is 0.608. The Morgan fingerprint density at radius 3 is 2.33 bits per heavy atom. The molecule has 1 aliphatic carbocycles. The summed E-state index contributed by atoms with van der Waals surface area (Å²) in [5.74, 6) is 0.608. The van der Waals surface area contributed by atoms with Crippen LogP contribution in [0.5, 0.6) is 0 Å². The number of rotatable bonds is 9. The summed E-state index contributed by atoms with van der Waals surface area (Å²) in [7, 11) is 0. The van der Waals surface area contributed by atoms with Crippen molar-refractivity contribution in [1.29, 1.82) is 0 Å². The topological polar surface area (TPSA) is 15.3 Å². The van der Waals surface area contributed by atoms with Crippen molar-refractivity contribution in [2.75, 3.05) is 13.1 Å². The van der Waals surface area contributed by atoms with Gasteiger partial charge in [0.2, 0.25) is 0 Å². The zero-order valence-electron chi connectivity index (χ0n) is 14.2. The molecule has 21 heavy (non-hydrogen) atoms. The Hall–Kier alpha value is -0.860. The van der Waals surface area contributed by atoms with E-state index in [2.05, 4.69) is 62.2 Å². The first kappa shape index (κ1) is 16.5. The molecule has 1 aromatic carbocycles. The third-order valence-electron chi connectivity index (χ3n) is 4.47. The molecule has 1 N–H and O–H groups in total. The van der Waals surface area contributed by atoms with Crippen LogP contribution in [0.4, 0.5) is 0 Å². The molecule has 2 heteroatoms. The molecule has 1 aliphatic rings.